The normalized spacial score (nSPS) is 12.2. The van der Waals surface area contributed by atoms with Gasteiger partial charge in [0.1, 0.15) is 11.5 Å². The van der Waals surface area contributed by atoms with Gasteiger partial charge in [-0.3, -0.25) is 0 Å². The number of hydrogen-bond acceptors (Lipinski definition) is 3. The molecule has 0 fully saturated rings. The first-order valence-corrected chi connectivity index (χ1v) is 7.35. The second-order valence-corrected chi connectivity index (χ2v) is 4.84. The highest BCUT2D eigenvalue weighted by molar-refractivity contribution is 5.41. The van der Waals surface area contributed by atoms with E-state index in [-0.39, 0.29) is 6.04 Å². The third-order valence-corrected chi connectivity index (χ3v) is 2.98. The molecule has 0 radical (unpaired) electrons. The molecule has 19 heavy (non-hydrogen) atoms. The molecule has 0 saturated heterocycles. The van der Waals surface area contributed by atoms with Gasteiger partial charge in [0.15, 0.2) is 0 Å². The highest BCUT2D eigenvalue weighted by Gasteiger charge is 2.09. The van der Waals surface area contributed by atoms with Gasteiger partial charge in [0.25, 0.3) is 0 Å². The molecular weight excluding hydrogens is 238 g/mol. The van der Waals surface area contributed by atoms with Crippen LogP contribution in [0.4, 0.5) is 0 Å². The Morgan fingerprint density at radius 2 is 1.74 bits per heavy atom. The van der Waals surface area contributed by atoms with Crippen molar-refractivity contribution in [2.45, 2.75) is 52.5 Å². The first kappa shape index (κ1) is 15.8. The average molecular weight is 265 g/mol. The first-order valence-electron chi connectivity index (χ1n) is 7.35. The van der Waals surface area contributed by atoms with Crippen LogP contribution in [-0.2, 0) is 6.42 Å². The van der Waals surface area contributed by atoms with Gasteiger partial charge in [-0.15, -0.1) is 0 Å². The van der Waals surface area contributed by atoms with E-state index in [2.05, 4.69) is 26.8 Å². The molecule has 2 N–H and O–H groups in total. The Morgan fingerprint density at radius 3 is 2.37 bits per heavy atom. The number of nitrogens with two attached hydrogens (primary N) is 1. The van der Waals surface area contributed by atoms with E-state index in [4.69, 9.17) is 15.2 Å². The molecule has 1 aromatic rings. The lowest BCUT2D eigenvalue weighted by Gasteiger charge is -2.15. The summed E-state index contributed by atoms with van der Waals surface area (Å²) < 4.78 is 11.5. The van der Waals surface area contributed by atoms with Crippen molar-refractivity contribution in [2.75, 3.05) is 13.2 Å². The van der Waals surface area contributed by atoms with Crippen molar-refractivity contribution in [3.05, 3.63) is 23.8 Å². The summed E-state index contributed by atoms with van der Waals surface area (Å²) >= 11 is 0. The molecule has 1 atom stereocenters. The number of hydrogen-bond donors (Lipinski definition) is 1. The zero-order chi connectivity index (χ0) is 14.1. The van der Waals surface area contributed by atoms with E-state index in [0.717, 1.165) is 50.4 Å². The van der Waals surface area contributed by atoms with Crippen LogP contribution in [0.2, 0.25) is 0 Å². The van der Waals surface area contributed by atoms with Gasteiger partial charge in [-0.2, -0.15) is 0 Å². The smallest absolute Gasteiger partial charge is 0.126 e. The van der Waals surface area contributed by atoms with Crippen molar-refractivity contribution >= 4 is 0 Å². The summed E-state index contributed by atoms with van der Waals surface area (Å²) in [5, 5.41) is 0. The highest BCUT2D eigenvalue weighted by atomic mass is 16.5. The molecule has 0 heterocycles. The Hall–Kier alpha value is -1.22. The van der Waals surface area contributed by atoms with Gasteiger partial charge in [-0.25, -0.2) is 0 Å². The lowest BCUT2D eigenvalue weighted by molar-refractivity contribution is 0.299. The monoisotopic (exact) mass is 265 g/mol. The van der Waals surface area contributed by atoms with Crippen LogP contribution in [0, 0.1) is 0 Å². The van der Waals surface area contributed by atoms with E-state index in [1.807, 2.05) is 12.1 Å². The number of rotatable bonds is 9. The topological polar surface area (TPSA) is 44.5 Å². The summed E-state index contributed by atoms with van der Waals surface area (Å²) in [5.41, 5.74) is 7.21. The van der Waals surface area contributed by atoms with Crippen molar-refractivity contribution in [1.82, 2.24) is 0 Å². The molecule has 1 unspecified atom stereocenters. The van der Waals surface area contributed by atoms with Crippen LogP contribution in [0.5, 0.6) is 11.5 Å². The molecule has 0 amide bonds. The zero-order valence-corrected chi connectivity index (χ0v) is 12.4. The fourth-order valence-corrected chi connectivity index (χ4v) is 1.79. The standard InChI is InChI=1S/C16H27NO2/c1-4-9-18-15-8-7-13(11-14(17)6-3)16(12-15)19-10-5-2/h7-8,12,14H,4-6,9-11,17H2,1-3H3. The molecule has 3 heteroatoms. The molecule has 1 aromatic carbocycles. The Kier molecular flexibility index (Phi) is 7.34. The van der Waals surface area contributed by atoms with Gasteiger partial charge in [-0.1, -0.05) is 26.8 Å². The first-order chi connectivity index (χ1) is 9.21. The van der Waals surface area contributed by atoms with Crippen molar-refractivity contribution in [3.8, 4) is 11.5 Å². The maximum atomic E-state index is 6.03. The predicted molar refractivity (Wildman–Crippen MR) is 80.0 cm³/mol. The summed E-state index contributed by atoms with van der Waals surface area (Å²) in [7, 11) is 0. The minimum absolute atomic E-state index is 0.186. The summed E-state index contributed by atoms with van der Waals surface area (Å²) in [6.07, 6.45) is 3.83. The van der Waals surface area contributed by atoms with E-state index >= 15 is 0 Å². The molecule has 0 aliphatic rings. The molecule has 0 aromatic heterocycles. The van der Waals surface area contributed by atoms with Crippen molar-refractivity contribution in [2.24, 2.45) is 5.73 Å². The van der Waals surface area contributed by atoms with Gasteiger partial charge in [0, 0.05) is 12.1 Å². The number of ether oxygens (including phenoxy) is 2. The minimum Gasteiger partial charge on any atom is -0.493 e. The van der Waals surface area contributed by atoms with Crippen LogP contribution in [0.15, 0.2) is 18.2 Å². The molecule has 0 bridgehead atoms. The lowest BCUT2D eigenvalue weighted by atomic mass is 10.0. The van der Waals surface area contributed by atoms with Crippen LogP contribution in [0.1, 0.15) is 45.6 Å². The molecule has 0 aliphatic carbocycles. The Bertz CT molecular complexity index is 366. The van der Waals surface area contributed by atoms with E-state index in [9.17, 15) is 0 Å². The maximum absolute atomic E-state index is 6.03. The summed E-state index contributed by atoms with van der Waals surface area (Å²) in [4.78, 5) is 0. The average Bonchev–Trinajstić information content (AvgIpc) is 2.44. The maximum Gasteiger partial charge on any atom is 0.126 e. The van der Waals surface area contributed by atoms with Gasteiger partial charge in [-0.05, 0) is 37.3 Å². The Labute approximate surface area is 117 Å². The third kappa shape index (κ3) is 5.52. The molecule has 3 nitrogen and oxygen atoms in total. The summed E-state index contributed by atoms with van der Waals surface area (Å²) in [6, 6.07) is 6.26. The molecule has 0 saturated carbocycles. The fourth-order valence-electron chi connectivity index (χ4n) is 1.79. The predicted octanol–water partition coefficient (Wildman–Crippen LogP) is 3.54. The SMILES string of the molecule is CCCOc1ccc(CC(N)CC)c(OCCC)c1. The van der Waals surface area contributed by atoms with Crippen LogP contribution in [0.3, 0.4) is 0 Å². The molecule has 108 valence electrons. The molecular formula is C16H27NO2. The summed E-state index contributed by atoms with van der Waals surface area (Å²) in [5.74, 6) is 1.79. The quantitative estimate of drug-likeness (QED) is 0.742. The van der Waals surface area contributed by atoms with Gasteiger partial charge >= 0.3 is 0 Å². The number of benzene rings is 1. The second-order valence-electron chi connectivity index (χ2n) is 4.84. The second kappa shape index (κ2) is 8.81. The molecule has 0 aliphatic heterocycles. The highest BCUT2D eigenvalue weighted by Crippen LogP contribution is 2.26. The van der Waals surface area contributed by atoms with E-state index in [1.165, 1.54) is 5.56 Å². The van der Waals surface area contributed by atoms with E-state index in [1.54, 1.807) is 0 Å². The van der Waals surface area contributed by atoms with Gasteiger partial charge in [0.2, 0.25) is 0 Å². The van der Waals surface area contributed by atoms with Crippen molar-refractivity contribution in [3.63, 3.8) is 0 Å². The van der Waals surface area contributed by atoms with Gasteiger partial charge in [0.05, 0.1) is 13.2 Å². The lowest BCUT2D eigenvalue weighted by Crippen LogP contribution is -2.21. The van der Waals surface area contributed by atoms with Crippen LogP contribution >= 0.6 is 0 Å². The molecule has 1 rings (SSSR count). The Balaban J connectivity index is 2.82. The Morgan fingerprint density at radius 1 is 1.05 bits per heavy atom. The van der Waals surface area contributed by atoms with Crippen molar-refractivity contribution in [1.29, 1.82) is 0 Å². The minimum atomic E-state index is 0.186. The largest absolute Gasteiger partial charge is 0.493 e. The zero-order valence-electron chi connectivity index (χ0n) is 12.4. The van der Waals surface area contributed by atoms with Crippen LogP contribution < -0.4 is 15.2 Å². The van der Waals surface area contributed by atoms with Crippen LogP contribution in [0.25, 0.3) is 0 Å². The van der Waals surface area contributed by atoms with Crippen LogP contribution in [-0.4, -0.2) is 19.3 Å². The van der Waals surface area contributed by atoms with Crippen molar-refractivity contribution < 1.29 is 9.47 Å². The van der Waals surface area contributed by atoms with E-state index in [0.29, 0.717) is 0 Å². The summed E-state index contributed by atoms with van der Waals surface area (Å²) in [6.45, 7) is 7.78. The molecule has 0 spiro atoms. The van der Waals surface area contributed by atoms with Gasteiger partial charge < -0.3 is 15.2 Å². The fraction of sp³-hybridized carbons (Fsp3) is 0.625. The third-order valence-electron chi connectivity index (χ3n) is 2.98. The van der Waals surface area contributed by atoms with E-state index < -0.39 is 0 Å².